The van der Waals surface area contributed by atoms with Crippen molar-refractivity contribution in [3.8, 4) is 0 Å². The predicted molar refractivity (Wildman–Crippen MR) is 78.4 cm³/mol. The summed E-state index contributed by atoms with van der Waals surface area (Å²) < 4.78 is 11.0. The van der Waals surface area contributed by atoms with Crippen LogP contribution in [0.15, 0.2) is 12.7 Å². The number of ether oxygens (including phenoxy) is 1. The minimum Gasteiger partial charge on any atom is -0.459 e. The van der Waals surface area contributed by atoms with Crippen molar-refractivity contribution in [2.24, 2.45) is 0 Å². The molecule has 0 rings (SSSR count). The summed E-state index contributed by atoms with van der Waals surface area (Å²) >= 11 is 0. The van der Waals surface area contributed by atoms with Crippen LogP contribution in [0.1, 0.15) is 52.9 Å². The van der Waals surface area contributed by atoms with Crippen LogP contribution in [-0.2, 0) is 14.0 Å². The summed E-state index contributed by atoms with van der Waals surface area (Å²) in [5.74, 6) is -0.303. The smallest absolute Gasteiger partial charge is 0.330 e. The third kappa shape index (κ3) is 10.5. The molecule has 0 aromatic rings. The zero-order valence-electron chi connectivity index (χ0n) is 12.1. The minimum atomic E-state index is -0.465. The summed E-state index contributed by atoms with van der Waals surface area (Å²) in [4.78, 5) is 11.2. The van der Waals surface area contributed by atoms with Crippen LogP contribution in [0.5, 0.6) is 0 Å². The van der Waals surface area contributed by atoms with E-state index in [0.29, 0.717) is 6.10 Å². The zero-order chi connectivity index (χ0) is 13.8. The number of carbonyl (C=O) groups is 1. The van der Waals surface area contributed by atoms with E-state index in [4.69, 9.17) is 9.16 Å². The molecule has 1 atom stereocenters. The lowest BCUT2D eigenvalue weighted by Crippen LogP contribution is -2.18. The van der Waals surface area contributed by atoms with Crippen molar-refractivity contribution >= 4 is 15.7 Å². The lowest BCUT2D eigenvalue weighted by molar-refractivity contribution is -0.143. The number of esters is 1. The average molecular weight is 272 g/mol. The average Bonchev–Trinajstić information content (AvgIpc) is 2.34. The van der Waals surface area contributed by atoms with E-state index in [-0.39, 0.29) is 12.1 Å². The van der Waals surface area contributed by atoms with Crippen molar-refractivity contribution in [3.63, 3.8) is 0 Å². The Balaban J connectivity index is 3.87. The number of rotatable bonds is 11. The van der Waals surface area contributed by atoms with Crippen molar-refractivity contribution in [1.82, 2.24) is 0 Å². The zero-order valence-corrected chi connectivity index (χ0v) is 13.5. The number of hydrogen-bond acceptors (Lipinski definition) is 3. The molecule has 0 fully saturated rings. The largest absolute Gasteiger partial charge is 0.459 e. The maximum absolute atomic E-state index is 11.2. The third-order valence-electron chi connectivity index (χ3n) is 2.70. The maximum Gasteiger partial charge on any atom is 0.330 e. The van der Waals surface area contributed by atoms with E-state index in [2.05, 4.69) is 27.4 Å². The van der Waals surface area contributed by atoms with E-state index in [1.54, 1.807) is 0 Å². The summed E-state index contributed by atoms with van der Waals surface area (Å²) in [5.41, 5.74) is 0. The SMILES string of the molecule is C=CC(=O)OC(CCCCC)CC[SiH2]OC(C)C. The molecule has 0 aromatic carbocycles. The van der Waals surface area contributed by atoms with Crippen molar-refractivity contribution in [2.75, 3.05) is 0 Å². The lowest BCUT2D eigenvalue weighted by atomic mass is 10.1. The topological polar surface area (TPSA) is 35.5 Å². The summed E-state index contributed by atoms with van der Waals surface area (Å²) in [6.07, 6.45) is 7.02. The van der Waals surface area contributed by atoms with Gasteiger partial charge in [0, 0.05) is 12.2 Å². The van der Waals surface area contributed by atoms with E-state index < -0.39 is 9.76 Å². The minimum absolute atomic E-state index is 0.0466. The molecule has 0 aromatic heterocycles. The molecule has 0 saturated heterocycles. The molecule has 3 nitrogen and oxygen atoms in total. The van der Waals surface area contributed by atoms with Crippen LogP contribution >= 0.6 is 0 Å². The molecule has 0 saturated carbocycles. The van der Waals surface area contributed by atoms with Crippen molar-refractivity contribution in [2.45, 2.75) is 71.1 Å². The van der Waals surface area contributed by atoms with E-state index in [1.807, 2.05) is 0 Å². The first kappa shape index (κ1) is 17.4. The van der Waals surface area contributed by atoms with Crippen molar-refractivity contribution in [3.05, 3.63) is 12.7 Å². The van der Waals surface area contributed by atoms with E-state index in [9.17, 15) is 4.79 Å². The van der Waals surface area contributed by atoms with Gasteiger partial charge in [0.05, 0.1) is 0 Å². The highest BCUT2D eigenvalue weighted by Crippen LogP contribution is 2.13. The summed E-state index contributed by atoms with van der Waals surface area (Å²) in [6, 6.07) is 1.07. The number of unbranched alkanes of at least 4 members (excludes halogenated alkanes) is 2. The Bertz CT molecular complexity index is 229. The Hall–Kier alpha value is -0.613. The molecule has 1 unspecified atom stereocenters. The Kier molecular flexibility index (Phi) is 11.1. The van der Waals surface area contributed by atoms with Gasteiger partial charge in [0.2, 0.25) is 0 Å². The molecule has 0 aliphatic carbocycles. The van der Waals surface area contributed by atoms with Gasteiger partial charge in [0.1, 0.15) is 6.10 Å². The monoisotopic (exact) mass is 272 g/mol. The van der Waals surface area contributed by atoms with Gasteiger partial charge < -0.3 is 9.16 Å². The first-order chi connectivity index (χ1) is 8.60. The fraction of sp³-hybridized carbons (Fsp3) is 0.786. The molecule has 0 bridgehead atoms. The summed E-state index contributed by atoms with van der Waals surface area (Å²) in [6.45, 7) is 9.73. The van der Waals surface area contributed by atoms with Crippen LogP contribution in [0.25, 0.3) is 0 Å². The number of carbonyl (C=O) groups excluding carboxylic acids is 1. The highest BCUT2D eigenvalue weighted by molar-refractivity contribution is 6.27. The molecule has 0 heterocycles. The molecule has 0 spiro atoms. The van der Waals surface area contributed by atoms with E-state index in [1.165, 1.54) is 18.9 Å². The Morgan fingerprint density at radius 2 is 2.06 bits per heavy atom. The fourth-order valence-corrected chi connectivity index (χ4v) is 2.99. The van der Waals surface area contributed by atoms with Crippen LogP contribution in [0.3, 0.4) is 0 Å². The van der Waals surface area contributed by atoms with Crippen molar-refractivity contribution < 1.29 is 14.0 Å². The Morgan fingerprint density at radius 3 is 2.61 bits per heavy atom. The molecule has 4 heteroatoms. The third-order valence-corrected chi connectivity index (χ3v) is 4.30. The van der Waals surface area contributed by atoms with Crippen LogP contribution in [0.4, 0.5) is 0 Å². The molecule has 0 amide bonds. The molecule has 0 aliphatic rings. The van der Waals surface area contributed by atoms with Gasteiger partial charge in [-0.2, -0.15) is 0 Å². The molecular weight excluding hydrogens is 244 g/mol. The standard InChI is InChI=1S/C14H28O3Si/c1-5-7-8-9-13(16-14(15)6-2)10-11-18-17-12(3)4/h6,12-13H,2,5,7-11,18H2,1,3-4H3. The fourth-order valence-electron chi connectivity index (χ4n) is 1.73. The molecule has 0 radical (unpaired) electrons. The van der Waals surface area contributed by atoms with Gasteiger partial charge in [0.25, 0.3) is 0 Å². The Labute approximate surface area is 114 Å². The highest BCUT2D eigenvalue weighted by Gasteiger charge is 2.12. The van der Waals surface area contributed by atoms with Crippen LogP contribution in [-0.4, -0.2) is 27.9 Å². The molecular formula is C14H28O3Si. The first-order valence-electron chi connectivity index (χ1n) is 7.04. The summed E-state index contributed by atoms with van der Waals surface area (Å²) in [5, 5.41) is 0. The second-order valence-corrected chi connectivity index (χ2v) is 6.27. The normalized spacial score (nSPS) is 13.1. The second-order valence-electron chi connectivity index (χ2n) is 4.82. The van der Waals surface area contributed by atoms with Crippen LogP contribution in [0.2, 0.25) is 6.04 Å². The van der Waals surface area contributed by atoms with Gasteiger partial charge >= 0.3 is 5.97 Å². The molecule has 106 valence electrons. The molecule has 0 aliphatic heterocycles. The van der Waals surface area contributed by atoms with Crippen LogP contribution < -0.4 is 0 Å². The van der Waals surface area contributed by atoms with Gasteiger partial charge in [-0.25, -0.2) is 4.79 Å². The van der Waals surface area contributed by atoms with Crippen molar-refractivity contribution in [1.29, 1.82) is 0 Å². The second kappa shape index (κ2) is 11.5. The van der Waals surface area contributed by atoms with Gasteiger partial charge in [-0.05, 0) is 39.2 Å². The number of hydrogen-bond donors (Lipinski definition) is 0. The molecule has 0 N–H and O–H groups in total. The lowest BCUT2D eigenvalue weighted by Gasteiger charge is -2.17. The van der Waals surface area contributed by atoms with Gasteiger partial charge in [-0.1, -0.05) is 26.3 Å². The van der Waals surface area contributed by atoms with Crippen LogP contribution in [0, 0.1) is 0 Å². The van der Waals surface area contributed by atoms with E-state index >= 15 is 0 Å². The quantitative estimate of drug-likeness (QED) is 0.251. The van der Waals surface area contributed by atoms with Gasteiger partial charge in [0.15, 0.2) is 9.76 Å². The van der Waals surface area contributed by atoms with Gasteiger partial charge in [-0.3, -0.25) is 0 Å². The molecule has 18 heavy (non-hydrogen) atoms. The first-order valence-corrected chi connectivity index (χ1v) is 8.62. The maximum atomic E-state index is 11.2. The van der Waals surface area contributed by atoms with Gasteiger partial charge in [-0.15, -0.1) is 0 Å². The van der Waals surface area contributed by atoms with E-state index in [0.717, 1.165) is 25.3 Å². The predicted octanol–water partition coefficient (Wildman–Crippen LogP) is 2.98. The summed E-state index contributed by atoms with van der Waals surface area (Å²) in [7, 11) is -0.465. The highest BCUT2D eigenvalue weighted by atomic mass is 28.2. The Morgan fingerprint density at radius 1 is 1.33 bits per heavy atom.